The molecular formula is C19H19F3N2O2. The van der Waals surface area contributed by atoms with Crippen LogP contribution in [0.3, 0.4) is 0 Å². The van der Waals surface area contributed by atoms with Gasteiger partial charge in [0.2, 0.25) is 11.8 Å². The molecule has 0 heterocycles. The summed E-state index contributed by atoms with van der Waals surface area (Å²) in [7, 11) is 0. The molecule has 2 aromatic carbocycles. The predicted octanol–water partition coefficient (Wildman–Crippen LogP) is 4.22. The van der Waals surface area contributed by atoms with Gasteiger partial charge < -0.3 is 10.2 Å². The molecule has 0 spiro atoms. The number of benzene rings is 2. The van der Waals surface area contributed by atoms with Crippen molar-refractivity contribution in [2.75, 3.05) is 16.8 Å². The van der Waals surface area contributed by atoms with E-state index in [1.54, 1.807) is 12.1 Å². The molecule has 0 aliphatic carbocycles. The molecule has 0 unspecified atom stereocenters. The molecule has 4 nitrogen and oxygen atoms in total. The van der Waals surface area contributed by atoms with E-state index in [1.807, 2.05) is 26.0 Å². The number of amides is 2. The molecular weight excluding hydrogens is 345 g/mol. The van der Waals surface area contributed by atoms with Gasteiger partial charge >= 0.3 is 0 Å². The standard InChI is InChI=1S/C19H19F3N2O2/c1-11(2)13-6-4-5-7-15(13)23-17(26)10-24(12(3)25)16-9-8-14(20)18(21)19(16)22/h4-9,11H,10H2,1-3H3,(H,23,26). The molecule has 0 aliphatic heterocycles. The summed E-state index contributed by atoms with van der Waals surface area (Å²) in [4.78, 5) is 24.9. The SMILES string of the molecule is CC(=O)N(CC(=O)Nc1ccccc1C(C)C)c1ccc(F)c(F)c1F. The van der Waals surface area contributed by atoms with Gasteiger partial charge in [-0.25, -0.2) is 13.2 Å². The van der Waals surface area contributed by atoms with Crippen molar-refractivity contribution in [2.24, 2.45) is 0 Å². The van der Waals surface area contributed by atoms with Crippen LogP contribution in [-0.4, -0.2) is 18.4 Å². The van der Waals surface area contributed by atoms with E-state index in [0.717, 1.165) is 23.5 Å². The first kappa shape index (κ1) is 19.5. The summed E-state index contributed by atoms with van der Waals surface area (Å²) in [5.41, 5.74) is 0.972. The lowest BCUT2D eigenvalue weighted by atomic mass is 10.0. The zero-order valence-electron chi connectivity index (χ0n) is 14.6. The zero-order valence-corrected chi connectivity index (χ0v) is 14.6. The molecule has 0 radical (unpaired) electrons. The maximum Gasteiger partial charge on any atom is 0.244 e. The maximum absolute atomic E-state index is 14.0. The summed E-state index contributed by atoms with van der Waals surface area (Å²) < 4.78 is 40.5. The van der Waals surface area contributed by atoms with Gasteiger partial charge in [0.15, 0.2) is 17.5 Å². The molecule has 2 rings (SSSR count). The van der Waals surface area contributed by atoms with Crippen LogP contribution < -0.4 is 10.2 Å². The molecule has 0 bridgehead atoms. The van der Waals surface area contributed by atoms with Crippen LogP contribution in [0.15, 0.2) is 36.4 Å². The second kappa shape index (κ2) is 8.03. The Morgan fingerprint density at radius 3 is 2.31 bits per heavy atom. The average Bonchev–Trinajstić information content (AvgIpc) is 2.58. The van der Waals surface area contributed by atoms with E-state index in [1.165, 1.54) is 0 Å². The fourth-order valence-corrected chi connectivity index (χ4v) is 2.54. The predicted molar refractivity (Wildman–Crippen MR) is 93.5 cm³/mol. The molecule has 1 N–H and O–H groups in total. The molecule has 138 valence electrons. The molecule has 0 saturated heterocycles. The number of hydrogen-bond acceptors (Lipinski definition) is 2. The first-order valence-corrected chi connectivity index (χ1v) is 8.02. The number of halogens is 3. The third-order valence-corrected chi connectivity index (χ3v) is 3.84. The molecule has 0 fully saturated rings. The highest BCUT2D eigenvalue weighted by molar-refractivity contribution is 6.02. The summed E-state index contributed by atoms with van der Waals surface area (Å²) in [6, 6.07) is 8.78. The number of hydrogen-bond donors (Lipinski definition) is 1. The first-order chi connectivity index (χ1) is 12.2. The summed E-state index contributed by atoms with van der Waals surface area (Å²) in [5, 5.41) is 2.67. The molecule has 2 amide bonds. The van der Waals surface area contributed by atoms with Gasteiger partial charge in [-0.15, -0.1) is 0 Å². The quantitative estimate of drug-likeness (QED) is 0.808. The average molecular weight is 364 g/mol. The second-order valence-electron chi connectivity index (χ2n) is 6.09. The maximum atomic E-state index is 14.0. The third kappa shape index (κ3) is 4.22. The van der Waals surface area contributed by atoms with E-state index in [-0.39, 0.29) is 5.92 Å². The highest BCUT2D eigenvalue weighted by Crippen LogP contribution is 2.25. The van der Waals surface area contributed by atoms with Crippen molar-refractivity contribution in [3.8, 4) is 0 Å². The van der Waals surface area contributed by atoms with Crippen LogP contribution in [0.4, 0.5) is 24.5 Å². The van der Waals surface area contributed by atoms with Crippen LogP contribution in [-0.2, 0) is 9.59 Å². The van der Waals surface area contributed by atoms with E-state index in [4.69, 9.17) is 0 Å². The van der Waals surface area contributed by atoms with Crippen molar-refractivity contribution in [2.45, 2.75) is 26.7 Å². The number of anilines is 2. The number of para-hydroxylation sites is 1. The number of nitrogens with zero attached hydrogens (tertiary/aromatic N) is 1. The van der Waals surface area contributed by atoms with Gasteiger partial charge in [-0.1, -0.05) is 32.0 Å². The Hall–Kier alpha value is -2.83. The Morgan fingerprint density at radius 1 is 1.04 bits per heavy atom. The Balaban J connectivity index is 2.25. The molecule has 0 atom stereocenters. The smallest absolute Gasteiger partial charge is 0.244 e. The summed E-state index contributed by atoms with van der Waals surface area (Å²) in [5.74, 6) is -5.70. The van der Waals surface area contributed by atoms with E-state index >= 15 is 0 Å². The zero-order chi connectivity index (χ0) is 19.4. The molecule has 0 saturated carbocycles. The monoisotopic (exact) mass is 364 g/mol. The van der Waals surface area contributed by atoms with Crippen molar-refractivity contribution in [1.82, 2.24) is 0 Å². The van der Waals surface area contributed by atoms with Crippen LogP contribution >= 0.6 is 0 Å². The lowest BCUT2D eigenvalue weighted by molar-refractivity contribution is -0.120. The Bertz CT molecular complexity index is 838. The molecule has 26 heavy (non-hydrogen) atoms. The lowest BCUT2D eigenvalue weighted by Gasteiger charge is -2.22. The fourth-order valence-electron chi connectivity index (χ4n) is 2.54. The lowest BCUT2D eigenvalue weighted by Crippen LogP contribution is -2.37. The minimum Gasteiger partial charge on any atom is -0.324 e. The fraction of sp³-hybridized carbons (Fsp3) is 0.263. The van der Waals surface area contributed by atoms with Gasteiger partial charge in [-0.3, -0.25) is 9.59 Å². The summed E-state index contributed by atoms with van der Waals surface area (Å²) in [6.07, 6.45) is 0. The number of nitrogens with one attached hydrogen (secondary N) is 1. The second-order valence-corrected chi connectivity index (χ2v) is 6.09. The molecule has 2 aromatic rings. The van der Waals surface area contributed by atoms with Gasteiger partial charge in [0.05, 0.1) is 5.69 Å². The molecule has 7 heteroatoms. The minimum atomic E-state index is -1.70. The van der Waals surface area contributed by atoms with Crippen molar-refractivity contribution in [1.29, 1.82) is 0 Å². The van der Waals surface area contributed by atoms with Crippen molar-refractivity contribution < 1.29 is 22.8 Å². The number of carbonyl (C=O) groups is 2. The van der Waals surface area contributed by atoms with E-state index in [2.05, 4.69) is 5.32 Å². The Kier molecular flexibility index (Phi) is 6.02. The third-order valence-electron chi connectivity index (χ3n) is 3.84. The van der Waals surface area contributed by atoms with Crippen LogP contribution in [0.5, 0.6) is 0 Å². The van der Waals surface area contributed by atoms with E-state index in [9.17, 15) is 22.8 Å². The normalized spacial score (nSPS) is 10.7. The van der Waals surface area contributed by atoms with E-state index < -0.39 is 41.5 Å². The number of carbonyl (C=O) groups excluding carboxylic acids is 2. The molecule has 0 aliphatic rings. The van der Waals surface area contributed by atoms with Crippen LogP contribution in [0.25, 0.3) is 0 Å². The molecule has 0 aromatic heterocycles. The van der Waals surface area contributed by atoms with E-state index in [0.29, 0.717) is 11.8 Å². The Morgan fingerprint density at radius 2 is 1.69 bits per heavy atom. The highest BCUT2D eigenvalue weighted by Gasteiger charge is 2.23. The summed E-state index contributed by atoms with van der Waals surface area (Å²) >= 11 is 0. The van der Waals surface area contributed by atoms with Crippen LogP contribution in [0, 0.1) is 17.5 Å². The van der Waals surface area contributed by atoms with Gasteiger partial charge in [-0.2, -0.15) is 0 Å². The highest BCUT2D eigenvalue weighted by atomic mass is 19.2. The minimum absolute atomic E-state index is 0.152. The van der Waals surface area contributed by atoms with Crippen LogP contribution in [0.1, 0.15) is 32.3 Å². The van der Waals surface area contributed by atoms with Crippen molar-refractivity contribution in [3.05, 3.63) is 59.4 Å². The van der Waals surface area contributed by atoms with Gasteiger partial charge in [-0.05, 0) is 29.7 Å². The number of rotatable bonds is 5. The van der Waals surface area contributed by atoms with Gasteiger partial charge in [0.1, 0.15) is 6.54 Å². The Labute approximate surface area is 149 Å². The van der Waals surface area contributed by atoms with Crippen LogP contribution in [0.2, 0.25) is 0 Å². The van der Waals surface area contributed by atoms with Crippen molar-refractivity contribution in [3.63, 3.8) is 0 Å². The van der Waals surface area contributed by atoms with Crippen molar-refractivity contribution >= 4 is 23.2 Å². The largest absolute Gasteiger partial charge is 0.324 e. The summed E-state index contributed by atoms with van der Waals surface area (Å²) in [6.45, 7) is 4.49. The van der Waals surface area contributed by atoms with Gasteiger partial charge in [0.25, 0.3) is 0 Å². The van der Waals surface area contributed by atoms with Gasteiger partial charge in [0, 0.05) is 12.6 Å². The first-order valence-electron chi connectivity index (χ1n) is 8.02. The topological polar surface area (TPSA) is 49.4 Å².